The van der Waals surface area contributed by atoms with Gasteiger partial charge in [-0.1, -0.05) is 11.6 Å². The van der Waals surface area contributed by atoms with Crippen LogP contribution in [-0.2, 0) is 17.8 Å². The van der Waals surface area contributed by atoms with Crippen LogP contribution in [0.15, 0.2) is 6.33 Å². The molecule has 0 aliphatic carbocycles. The number of hydrogen-bond donors (Lipinski definition) is 1. The third-order valence-electron chi connectivity index (χ3n) is 1.46. The van der Waals surface area contributed by atoms with Gasteiger partial charge in [0.2, 0.25) is 0 Å². The molecule has 0 aromatic carbocycles. The third kappa shape index (κ3) is 1.49. The summed E-state index contributed by atoms with van der Waals surface area (Å²) in [6.45, 7) is 0. The lowest BCUT2D eigenvalue weighted by Gasteiger charge is -2.11. The average Bonchev–Trinajstić information content (AvgIpc) is 2.30. The number of carboxylic acids is 1. The fourth-order valence-corrected chi connectivity index (χ4v) is 1.15. The summed E-state index contributed by atoms with van der Waals surface area (Å²) in [5.74, 6) is -6.26. The van der Waals surface area contributed by atoms with E-state index in [-0.39, 0.29) is 0 Å². The molecule has 1 N–H and O–H groups in total. The number of imidazole rings is 1. The molecule has 13 heavy (non-hydrogen) atoms. The van der Waals surface area contributed by atoms with E-state index in [1.807, 2.05) is 0 Å². The Morgan fingerprint density at radius 3 is 2.62 bits per heavy atom. The normalized spacial score (nSPS) is 11.7. The summed E-state index contributed by atoms with van der Waals surface area (Å²) in [6.07, 6.45) is 1.02. The van der Waals surface area contributed by atoms with Crippen molar-refractivity contribution >= 4 is 17.6 Å². The highest BCUT2D eigenvalue weighted by Crippen LogP contribution is 2.32. The van der Waals surface area contributed by atoms with Crippen molar-refractivity contribution in [2.45, 2.75) is 5.92 Å². The van der Waals surface area contributed by atoms with E-state index in [2.05, 4.69) is 4.98 Å². The van der Waals surface area contributed by atoms with Crippen molar-refractivity contribution in [3.63, 3.8) is 0 Å². The number of rotatable bonds is 2. The standard InChI is InChI=1S/C6H5ClF2N2O2/c1-11-2-10-4(7)3(11)6(8,9)5(12)13/h2H,1H3,(H,12,13). The summed E-state index contributed by atoms with van der Waals surface area (Å²) in [6, 6.07) is 0. The Balaban J connectivity index is 3.28. The Hall–Kier alpha value is -1.17. The summed E-state index contributed by atoms with van der Waals surface area (Å²) >= 11 is 5.30. The van der Waals surface area contributed by atoms with Gasteiger partial charge in [-0.25, -0.2) is 9.78 Å². The van der Waals surface area contributed by atoms with Crippen LogP contribution in [0.2, 0.25) is 5.15 Å². The third-order valence-corrected chi connectivity index (χ3v) is 1.74. The Kier molecular flexibility index (Phi) is 2.25. The average molecular weight is 211 g/mol. The number of nitrogens with zero attached hydrogens (tertiary/aromatic N) is 2. The van der Waals surface area contributed by atoms with Crippen molar-refractivity contribution in [1.29, 1.82) is 0 Å². The zero-order valence-corrected chi connectivity index (χ0v) is 7.22. The molecular weight excluding hydrogens is 206 g/mol. The zero-order chi connectivity index (χ0) is 10.2. The van der Waals surface area contributed by atoms with E-state index in [1.165, 1.54) is 7.05 Å². The van der Waals surface area contributed by atoms with Gasteiger partial charge in [0.05, 0.1) is 6.33 Å². The monoisotopic (exact) mass is 210 g/mol. The summed E-state index contributed by atoms with van der Waals surface area (Å²) in [5, 5.41) is 7.71. The van der Waals surface area contributed by atoms with Crippen LogP contribution < -0.4 is 0 Å². The van der Waals surface area contributed by atoms with E-state index in [4.69, 9.17) is 16.7 Å². The highest BCUT2D eigenvalue weighted by molar-refractivity contribution is 6.30. The molecule has 0 aliphatic heterocycles. The van der Waals surface area contributed by atoms with E-state index in [0.29, 0.717) is 0 Å². The molecule has 1 heterocycles. The number of aliphatic carboxylic acids is 1. The van der Waals surface area contributed by atoms with E-state index in [0.717, 1.165) is 10.9 Å². The lowest BCUT2D eigenvalue weighted by molar-refractivity contribution is -0.167. The van der Waals surface area contributed by atoms with Gasteiger partial charge in [0, 0.05) is 7.05 Å². The van der Waals surface area contributed by atoms with Gasteiger partial charge in [0.15, 0.2) is 5.15 Å². The molecule has 4 nitrogen and oxygen atoms in total. The topological polar surface area (TPSA) is 55.1 Å². The Labute approximate surface area is 76.8 Å². The molecule has 0 fully saturated rings. The minimum Gasteiger partial charge on any atom is -0.476 e. The van der Waals surface area contributed by atoms with Crippen LogP contribution in [0.5, 0.6) is 0 Å². The van der Waals surface area contributed by atoms with Crippen LogP contribution in [0.3, 0.4) is 0 Å². The number of carboxylic acid groups (broad SMARTS) is 1. The summed E-state index contributed by atoms with van der Waals surface area (Å²) < 4.78 is 26.6. The summed E-state index contributed by atoms with van der Waals surface area (Å²) in [5.41, 5.74) is -0.818. The van der Waals surface area contributed by atoms with Crippen LogP contribution in [0.4, 0.5) is 8.78 Å². The Bertz CT molecular complexity index is 331. The molecule has 0 aliphatic rings. The largest absolute Gasteiger partial charge is 0.476 e. The fraction of sp³-hybridized carbons (Fsp3) is 0.333. The number of aryl methyl sites for hydroxylation is 1. The first kappa shape index (κ1) is 9.91. The van der Waals surface area contributed by atoms with E-state index in [9.17, 15) is 13.6 Å². The van der Waals surface area contributed by atoms with Crippen molar-refractivity contribution in [3.05, 3.63) is 17.2 Å². The van der Waals surface area contributed by atoms with Crippen molar-refractivity contribution in [2.75, 3.05) is 0 Å². The van der Waals surface area contributed by atoms with E-state index < -0.39 is 22.7 Å². The minimum atomic E-state index is -4.01. The van der Waals surface area contributed by atoms with E-state index >= 15 is 0 Å². The van der Waals surface area contributed by atoms with Gasteiger partial charge < -0.3 is 9.67 Å². The van der Waals surface area contributed by atoms with Gasteiger partial charge in [-0.3, -0.25) is 0 Å². The van der Waals surface area contributed by atoms with Gasteiger partial charge in [-0.05, 0) is 0 Å². The second-order valence-electron chi connectivity index (χ2n) is 2.37. The van der Waals surface area contributed by atoms with Crippen molar-refractivity contribution in [1.82, 2.24) is 9.55 Å². The molecule has 0 saturated carbocycles. The van der Waals surface area contributed by atoms with Gasteiger partial charge in [0.1, 0.15) is 5.69 Å². The Morgan fingerprint density at radius 2 is 2.31 bits per heavy atom. The molecule has 0 atom stereocenters. The second kappa shape index (κ2) is 2.95. The van der Waals surface area contributed by atoms with Gasteiger partial charge in [0.25, 0.3) is 0 Å². The van der Waals surface area contributed by atoms with Gasteiger partial charge >= 0.3 is 11.9 Å². The van der Waals surface area contributed by atoms with Crippen LogP contribution in [0, 0.1) is 0 Å². The lowest BCUT2D eigenvalue weighted by Crippen LogP contribution is -2.28. The van der Waals surface area contributed by atoms with Crippen LogP contribution in [0.1, 0.15) is 5.69 Å². The van der Waals surface area contributed by atoms with Crippen LogP contribution in [0.25, 0.3) is 0 Å². The maximum absolute atomic E-state index is 12.9. The van der Waals surface area contributed by atoms with E-state index in [1.54, 1.807) is 0 Å². The van der Waals surface area contributed by atoms with Crippen LogP contribution in [-0.4, -0.2) is 20.6 Å². The number of carbonyl (C=O) groups is 1. The second-order valence-corrected chi connectivity index (χ2v) is 2.73. The minimum absolute atomic E-state index is 0.505. The molecule has 0 saturated heterocycles. The quantitative estimate of drug-likeness (QED) is 0.799. The molecule has 0 unspecified atom stereocenters. The molecule has 7 heteroatoms. The predicted octanol–water partition coefficient (Wildman–Crippen LogP) is 1.25. The first-order valence-corrected chi connectivity index (χ1v) is 3.53. The Morgan fingerprint density at radius 1 is 1.77 bits per heavy atom. The first-order valence-electron chi connectivity index (χ1n) is 3.16. The lowest BCUT2D eigenvalue weighted by atomic mass is 10.2. The molecule has 0 bridgehead atoms. The molecule has 0 radical (unpaired) electrons. The van der Waals surface area contributed by atoms with Crippen molar-refractivity contribution in [3.8, 4) is 0 Å². The number of halogens is 3. The number of alkyl halides is 2. The van der Waals surface area contributed by atoms with Gasteiger partial charge in [-0.15, -0.1) is 0 Å². The SMILES string of the molecule is Cn1cnc(Cl)c1C(F)(F)C(=O)O. The molecule has 1 aromatic heterocycles. The smallest absolute Gasteiger partial charge is 0.385 e. The summed E-state index contributed by atoms with van der Waals surface area (Å²) in [4.78, 5) is 13.5. The first-order chi connectivity index (χ1) is 5.87. The maximum Gasteiger partial charge on any atom is 0.385 e. The maximum atomic E-state index is 12.9. The number of aromatic nitrogens is 2. The van der Waals surface area contributed by atoms with Crippen molar-refractivity contribution in [2.24, 2.45) is 7.05 Å². The van der Waals surface area contributed by atoms with Crippen molar-refractivity contribution < 1.29 is 18.7 Å². The molecule has 1 rings (SSSR count). The zero-order valence-electron chi connectivity index (χ0n) is 6.46. The highest BCUT2D eigenvalue weighted by atomic mass is 35.5. The molecule has 0 amide bonds. The molecule has 1 aromatic rings. The molecule has 72 valence electrons. The predicted molar refractivity (Wildman–Crippen MR) is 39.7 cm³/mol. The molecular formula is C6H5ClF2N2O2. The summed E-state index contributed by atoms with van der Waals surface area (Å²) in [7, 11) is 1.24. The molecule has 0 spiro atoms. The van der Waals surface area contributed by atoms with Gasteiger partial charge in [-0.2, -0.15) is 8.78 Å². The highest BCUT2D eigenvalue weighted by Gasteiger charge is 2.45. The van der Waals surface area contributed by atoms with Crippen LogP contribution >= 0.6 is 11.6 Å². The number of hydrogen-bond acceptors (Lipinski definition) is 2. The fourth-order valence-electron chi connectivity index (χ4n) is 0.854.